The summed E-state index contributed by atoms with van der Waals surface area (Å²) in [5, 5.41) is 10.1. The van der Waals surface area contributed by atoms with E-state index in [1.807, 2.05) is 0 Å². The maximum Gasteiger partial charge on any atom is 0.182 e. The van der Waals surface area contributed by atoms with Gasteiger partial charge in [0, 0.05) is 27.9 Å². The molecule has 0 aliphatic heterocycles. The molecule has 1 aliphatic carbocycles. The van der Waals surface area contributed by atoms with E-state index in [9.17, 15) is 13.5 Å². The third-order valence-electron chi connectivity index (χ3n) is 4.76. The molecule has 3 rings (SSSR count). The second-order valence-electron chi connectivity index (χ2n) is 6.04. The minimum Gasteiger partial charge on any atom is -0.396 e. The first kappa shape index (κ1) is 17.7. The summed E-state index contributed by atoms with van der Waals surface area (Å²) in [6.45, 7) is -0.220. The number of halogens is 2. The number of hydrogen-bond donors (Lipinski definition) is 2. The van der Waals surface area contributed by atoms with Crippen molar-refractivity contribution in [1.29, 1.82) is 0 Å². The third-order valence-corrected chi connectivity index (χ3v) is 7.60. The first-order chi connectivity index (χ1) is 11.4. The van der Waals surface area contributed by atoms with E-state index in [1.165, 1.54) is 24.3 Å². The summed E-state index contributed by atoms with van der Waals surface area (Å²) in [5.41, 5.74) is 5.78. The minimum absolute atomic E-state index is 0.0777. The fourth-order valence-corrected chi connectivity index (χ4v) is 6.09. The Labute approximate surface area is 151 Å². The second kappa shape index (κ2) is 6.32. The van der Waals surface area contributed by atoms with Crippen LogP contribution in [-0.4, -0.2) is 31.9 Å². The smallest absolute Gasteiger partial charge is 0.182 e. The molecule has 128 valence electrons. The fraction of sp³-hybridized carbons (Fsp3) is 0.294. The lowest BCUT2D eigenvalue weighted by molar-refractivity contribution is 0.212. The topological polar surface area (TPSA) is 80.4 Å². The van der Waals surface area contributed by atoms with Gasteiger partial charge in [-0.1, -0.05) is 35.3 Å². The average molecular weight is 386 g/mol. The zero-order valence-corrected chi connectivity index (χ0v) is 15.0. The molecule has 4 nitrogen and oxygen atoms in total. The van der Waals surface area contributed by atoms with E-state index in [4.69, 9.17) is 28.9 Å². The van der Waals surface area contributed by atoms with E-state index >= 15 is 0 Å². The van der Waals surface area contributed by atoms with Gasteiger partial charge in [0.1, 0.15) is 0 Å². The van der Waals surface area contributed by atoms with Crippen molar-refractivity contribution in [3.05, 3.63) is 64.1 Å². The van der Waals surface area contributed by atoms with Crippen LogP contribution in [0.1, 0.15) is 11.5 Å². The lowest BCUT2D eigenvalue weighted by atomic mass is 10.0. The van der Waals surface area contributed by atoms with Gasteiger partial charge in [0.25, 0.3) is 0 Å². The molecule has 0 amide bonds. The Morgan fingerprint density at radius 1 is 1.00 bits per heavy atom. The molecule has 0 radical (unpaired) electrons. The quantitative estimate of drug-likeness (QED) is 0.828. The van der Waals surface area contributed by atoms with Crippen molar-refractivity contribution in [3.63, 3.8) is 0 Å². The normalized spacial score (nSPS) is 26.3. The minimum atomic E-state index is -3.65. The van der Waals surface area contributed by atoms with Crippen LogP contribution in [0, 0.1) is 5.41 Å². The molecule has 7 heteroatoms. The van der Waals surface area contributed by atoms with E-state index < -0.39 is 20.5 Å². The summed E-state index contributed by atoms with van der Waals surface area (Å²) in [4.78, 5) is 0.180. The predicted octanol–water partition coefficient (Wildman–Crippen LogP) is 2.87. The van der Waals surface area contributed by atoms with Crippen molar-refractivity contribution in [1.82, 2.24) is 0 Å². The van der Waals surface area contributed by atoms with Crippen LogP contribution in [0.3, 0.4) is 0 Å². The number of aliphatic hydroxyl groups excluding tert-OH is 1. The number of sulfone groups is 1. The molecule has 0 saturated heterocycles. The summed E-state index contributed by atoms with van der Waals surface area (Å²) in [7, 11) is -3.65. The first-order valence-electron chi connectivity index (χ1n) is 7.42. The van der Waals surface area contributed by atoms with Crippen molar-refractivity contribution in [2.24, 2.45) is 11.1 Å². The Balaban J connectivity index is 2.04. The maximum atomic E-state index is 13.1. The molecule has 0 bridgehead atoms. The molecule has 0 unspecified atom stereocenters. The molecule has 0 heterocycles. The molecule has 2 aromatic rings. The third kappa shape index (κ3) is 2.74. The van der Waals surface area contributed by atoms with E-state index in [2.05, 4.69) is 0 Å². The van der Waals surface area contributed by atoms with Gasteiger partial charge in [0.2, 0.25) is 0 Å². The number of hydrogen-bond acceptors (Lipinski definition) is 4. The Hall–Kier alpha value is -1.11. The van der Waals surface area contributed by atoms with Crippen molar-refractivity contribution in [2.45, 2.75) is 16.1 Å². The van der Waals surface area contributed by atoms with Gasteiger partial charge in [-0.2, -0.15) is 0 Å². The van der Waals surface area contributed by atoms with Crippen LogP contribution >= 0.6 is 23.2 Å². The van der Waals surface area contributed by atoms with Gasteiger partial charge in [0.15, 0.2) is 9.84 Å². The van der Waals surface area contributed by atoms with E-state index in [0.29, 0.717) is 10.0 Å². The predicted molar refractivity (Wildman–Crippen MR) is 95.2 cm³/mol. The Kier molecular flexibility index (Phi) is 4.66. The van der Waals surface area contributed by atoms with Crippen LogP contribution in [0.25, 0.3) is 0 Å². The monoisotopic (exact) mass is 385 g/mol. The van der Waals surface area contributed by atoms with Crippen LogP contribution < -0.4 is 5.73 Å². The highest BCUT2D eigenvalue weighted by Crippen LogP contribution is 2.63. The zero-order valence-electron chi connectivity index (χ0n) is 12.7. The van der Waals surface area contributed by atoms with Crippen LogP contribution in [0.4, 0.5) is 0 Å². The fourth-order valence-electron chi connectivity index (χ4n) is 3.39. The van der Waals surface area contributed by atoms with Gasteiger partial charge in [-0.3, -0.25) is 0 Å². The molecule has 2 aromatic carbocycles. The van der Waals surface area contributed by atoms with Crippen LogP contribution in [-0.2, 0) is 9.84 Å². The zero-order chi connectivity index (χ0) is 17.5. The molecule has 1 aliphatic rings. The van der Waals surface area contributed by atoms with Gasteiger partial charge < -0.3 is 10.8 Å². The highest BCUT2D eigenvalue weighted by atomic mass is 35.5. The molecular weight excluding hydrogens is 369 g/mol. The van der Waals surface area contributed by atoms with E-state index in [0.717, 1.165) is 5.56 Å². The standard InChI is InChI=1S/C17H17Cl2NO3S/c18-12-3-1-11(2-4-12)15-16(17(15,9-20)10-21)24(22,23)14-7-5-13(19)6-8-14/h1-8,15-16,21H,9-10,20H2/t15-,16-,17-/m0/s1. The van der Waals surface area contributed by atoms with Crippen LogP contribution in [0.15, 0.2) is 53.4 Å². The summed E-state index contributed by atoms with van der Waals surface area (Å²) >= 11 is 11.7. The van der Waals surface area contributed by atoms with E-state index in [1.54, 1.807) is 24.3 Å². The summed E-state index contributed by atoms with van der Waals surface area (Å²) in [6, 6.07) is 13.0. The molecule has 24 heavy (non-hydrogen) atoms. The van der Waals surface area contributed by atoms with Gasteiger partial charge >= 0.3 is 0 Å². The second-order valence-corrected chi connectivity index (χ2v) is 8.99. The Morgan fingerprint density at radius 3 is 1.96 bits per heavy atom. The highest BCUT2D eigenvalue weighted by Gasteiger charge is 2.70. The SMILES string of the molecule is NC[C@]1(CO)[C@@H](c2ccc(Cl)cc2)[C@@H]1S(=O)(=O)c1ccc(Cl)cc1. The largest absolute Gasteiger partial charge is 0.396 e. The van der Waals surface area contributed by atoms with E-state index in [-0.39, 0.29) is 24.0 Å². The Morgan fingerprint density at radius 2 is 1.50 bits per heavy atom. The molecule has 0 spiro atoms. The maximum absolute atomic E-state index is 13.1. The number of nitrogens with two attached hydrogens (primary N) is 1. The average Bonchev–Trinajstić information content (AvgIpc) is 3.26. The van der Waals surface area contributed by atoms with Crippen LogP contribution in [0.5, 0.6) is 0 Å². The van der Waals surface area contributed by atoms with Crippen molar-refractivity contribution in [2.75, 3.05) is 13.2 Å². The number of aliphatic hydroxyl groups is 1. The van der Waals surface area contributed by atoms with Crippen molar-refractivity contribution in [3.8, 4) is 0 Å². The molecule has 0 aromatic heterocycles. The lowest BCUT2D eigenvalue weighted by Gasteiger charge is -2.12. The van der Waals surface area contributed by atoms with Crippen LogP contribution in [0.2, 0.25) is 10.0 Å². The molecule has 3 N–H and O–H groups in total. The lowest BCUT2D eigenvalue weighted by Crippen LogP contribution is -2.27. The molecular formula is C17H17Cl2NO3S. The summed E-state index contributed by atoms with van der Waals surface area (Å²) in [5.74, 6) is -0.370. The number of benzene rings is 2. The summed E-state index contributed by atoms with van der Waals surface area (Å²) < 4.78 is 26.1. The van der Waals surface area contributed by atoms with Gasteiger partial charge in [-0.25, -0.2) is 8.42 Å². The van der Waals surface area contributed by atoms with Crippen molar-refractivity contribution < 1.29 is 13.5 Å². The molecule has 3 atom stereocenters. The Bertz CT molecular complexity index is 831. The summed E-state index contributed by atoms with van der Waals surface area (Å²) in [6.07, 6.45) is 0. The van der Waals surface area contributed by atoms with Gasteiger partial charge in [-0.15, -0.1) is 0 Å². The van der Waals surface area contributed by atoms with Crippen molar-refractivity contribution >= 4 is 33.0 Å². The first-order valence-corrected chi connectivity index (χ1v) is 9.73. The van der Waals surface area contributed by atoms with Gasteiger partial charge in [-0.05, 0) is 42.0 Å². The van der Waals surface area contributed by atoms with Gasteiger partial charge in [0.05, 0.1) is 16.8 Å². The highest BCUT2D eigenvalue weighted by molar-refractivity contribution is 7.92. The molecule has 1 saturated carbocycles. The number of rotatable bonds is 5. The molecule has 1 fully saturated rings.